The van der Waals surface area contributed by atoms with Crippen molar-refractivity contribution in [3.63, 3.8) is 0 Å². The average molecular weight is 583 g/mol. The maximum atomic E-state index is 12.1. The molecule has 228 valence electrons. The van der Waals surface area contributed by atoms with Crippen molar-refractivity contribution in [1.29, 1.82) is 0 Å². The standard InChI is InChI=1S/C35H46N6O2/c1-6-25(28(7-2)29-20-27(36)10-9-24(29)4)19-30-31(21-42)37-33(26-11-15-39(5)16-12-26)38-34(30)40-17-13-35(14-18-40)22-41(23-35)32(43)8-3/h6,8-10,19-21,26,42H,1,3,7,11-18,22-23,36H2,2,4-5H3/b28-25+,30-19+,31-21-. The van der Waals surface area contributed by atoms with Gasteiger partial charge in [0.2, 0.25) is 5.91 Å². The molecule has 3 aliphatic rings. The van der Waals surface area contributed by atoms with Crippen molar-refractivity contribution in [2.75, 3.05) is 56.9 Å². The number of aryl methyl sites for hydroxylation is 1. The van der Waals surface area contributed by atoms with Crippen LogP contribution < -0.4 is 21.2 Å². The zero-order valence-electron chi connectivity index (χ0n) is 26.0. The normalized spacial score (nSPS) is 20.6. The minimum absolute atomic E-state index is 0.0116. The number of carbonyl (C=O) groups is 1. The van der Waals surface area contributed by atoms with Gasteiger partial charge in [0.15, 0.2) is 0 Å². The van der Waals surface area contributed by atoms with Crippen LogP contribution in [0.4, 0.5) is 11.5 Å². The Kier molecular flexibility index (Phi) is 9.06. The first-order valence-electron chi connectivity index (χ1n) is 15.5. The molecular weight excluding hydrogens is 536 g/mol. The smallest absolute Gasteiger partial charge is 0.245 e. The molecule has 1 aromatic heterocycles. The number of benzene rings is 1. The third kappa shape index (κ3) is 6.25. The molecule has 3 saturated heterocycles. The molecule has 2 aromatic rings. The Morgan fingerprint density at radius 3 is 2.42 bits per heavy atom. The summed E-state index contributed by atoms with van der Waals surface area (Å²) in [5.41, 5.74) is 11.4. The molecule has 8 heteroatoms. The Hall–Kier alpha value is -3.91. The summed E-state index contributed by atoms with van der Waals surface area (Å²) in [6, 6.07) is 5.99. The van der Waals surface area contributed by atoms with Gasteiger partial charge in [0, 0.05) is 48.4 Å². The molecule has 3 N–H and O–H groups in total. The second-order valence-corrected chi connectivity index (χ2v) is 12.5. The number of anilines is 2. The molecule has 0 unspecified atom stereocenters. The highest BCUT2D eigenvalue weighted by atomic mass is 16.2. The van der Waals surface area contributed by atoms with Gasteiger partial charge in [-0.05, 0) is 106 Å². The number of rotatable bonds is 7. The van der Waals surface area contributed by atoms with Gasteiger partial charge in [0.05, 0.1) is 0 Å². The van der Waals surface area contributed by atoms with Gasteiger partial charge in [-0.3, -0.25) is 4.79 Å². The van der Waals surface area contributed by atoms with Crippen LogP contribution in [0.5, 0.6) is 0 Å². The quantitative estimate of drug-likeness (QED) is 0.290. The van der Waals surface area contributed by atoms with Crippen molar-refractivity contribution < 1.29 is 9.90 Å². The number of likely N-dealkylation sites (tertiary alicyclic amines) is 2. The van der Waals surface area contributed by atoms with Gasteiger partial charge < -0.3 is 25.5 Å². The predicted octanol–water partition coefficient (Wildman–Crippen LogP) is 3.92. The summed E-state index contributed by atoms with van der Waals surface area (Å²) in [5.74, 6) is 1.92. The lowest BCUT2D eigenvalue weighted by molar-refractivity contribution is -0.139. The molecular formula is C35H46N6O2. The number of piperidine rings is 2. The Balaban J connectivity index is 1.59. The van der Waals surface area contributed by atoms with Crippen molar-refractivity contribution in [2.45, 2.75) is 51.9 Å². The van der Waals surface area contributed by atoms with Gasteiger partial charge in [0.1, 0.15) is 23.3 Å². The van der Waals surface area contributed by atoms with Crippen LogP contribution in [0, 0.1) is 12.3 Å². The number of nitrogens with zero attached hydrogens (tertiary/aromatic N) is 5. The van der Waals surface area contributed by atoms with Crippen molar-refractivity contribution >= 4 is 35.3 Å². The Morgan fingerprint density at radius 2 is 1.81 bits per heavy atom. The number of aliphatic hydroxyl groups excluding tert-OH is 1. The molecule has 4 heterocycles. The lowest BCUT2D eigenvalue weighted by Gasteiger charge is -2.54. The Labute approximate surface area is 255 Å². The van der Waals surface area contributed by atoms with E-state index in [0.717, 1.165) is 122 Å². The molecule has 1 aromatic carbocycles. The average Bonchev–Trinajstić information content (AvgIpc) is 3.01. The first-order valence-corrected chi connectivity index (χ1v) is 15.5. The fourth-order valence-electron chi connectivity index (χ4n) is 6.92. The summed E-state index contributed by atoms with van der Waals surface area (Å²) in [5, 5.41) is 11.9. The molecule has 1 amide bonds. The number of nitrogen functional groups attached to an aromatic ring is 1. The molecule has 8 nitrogen and oxygen atoms in total. The molecule has 43 heavy (non-hydrogen) atoms. The van der Waals surface area contributed by atoms with E-state index in [1.165, 1.54) is 6.08 Å². The minimum Gasteiger partial charge on any atom is -0.513 e. The molecule has 0 bridgehead atoms. The zero-order valence-corrected chi connectivity index (χ0v) is 26.0. The van der Waals surface area contributed by atoms with Crippen LogP contribution in [-0.2, 0) is 4.79 Å². The minimum atomic E-state index is 0.0116. The number of hydrogen-bond acceptors (Lipinski definition) is 7. The first-order chi connectivity index (χ1) is 20.7. The number of hydrogen-bond donors (Lipinski definition) is 2. The molecule has 0 saturated carbocycles. The third-order valence-corrected chi connectivity index (χ3v) is 9.65. The summed E-state index contributed by atoms with van der Waals surface area (Å²) >= 11 is 0. The predicted molar refractivity (Wildman–Crippen MR) is 176 cm³/mol. The van der Waals surface area contributed by atoms with E-state index in [-0.39, 0.29) is 17.2 Å². The summed E-state index contributed by atoms with van der Waals surface area (Å²) in [4.78, 5) is 28.9. The fourth-order valence-corrected chi connectivity index (χ4v) is 6.92. The molecule has 0 aliphatic carbocycles. The summed E-state index contributed by atoms with van der Waals surface area (Å²) in [7, 11) is 2.15. The highest BCUT2D eigenvalue weighted by molar-refractivity contribution is 5.87. The fraction of sp³-hybridized carbons (Fsp3) is 0.457. The van der Waals surface area contributed by atoms with E-state index in [4.69, 9.17) is 15.7 Å². The van der Waals surface area contributed by atoms with Crippen LogP contribution in [-0.4, -0.2) is 77.1 Å². The van der Waals surface area contributed by atoms with Gasteiger partial charge in [-0.25, -0.2) is 9.97 Å². The van der Waals surface area contributed by atoms with Gasteiger partial charge >= 0.3 is 0 Å². The number of amides is 1. The third-order valence-electron chi connectivity index (χ3n) is 9.65. The highest BCUT2D eigenvalue weighted by Crippen LogP contribution is 2.41. The van der Waals surface area contributed by atoms with E-state index < -0.39 is 0 Å². The Morgan fingerprint density at radius 1 is 1.12 bits per heavy atom. The van der Waals surface area contributed by atoms with Crippen molar-refractivity contribution in [1.82, 2.24) is 19.8 Å². The summed E-state index contributed by atoms with van der Waals surface area (Å²) in [6.07, 6.45) is 11.2. The number of nitrogens with two attached hydrogens (primary N) is 1. The van der Waals surface area contributed by atoms with E-state index >= 15 is 0 Å². The lowest BCUT2D eigenvalue weighted by Crippen LogP contribution is -2.62. The zero-order chi connectivity index (χ0) is 30.7. The molecule has 1 spiro atoms. The van der Waals surface area contributed by atoms with Gasteiger partial charge in [0.25, 0.3) is 0 Å². The van der Waals surface area contributed by atoms with Gasteiger partial charge in [-0.15, -0.1) is 0 Å². The second kappa shape index (κ2) is 12.8. The summed E-state index contributed by atoms with van der Waals surface area (Å²) < 4.78 is 0. The van der Waals surface area contributed by atoms with Crippen molar-refractivity contribution in [2.24, 2.45) is 5.41 Å². The van der Waals surface area contributed by atoms with Gasteiger partial charge in [-0.2, -0.15) is 0 Å². The first kappa shape index (κ1) is 30.5. The molecule has 0 radical (unpaired) electrons. The SMILES string of the molecule is C=CC(=O)N1CC2(CCN(c3nc(C4CCN(C)CC4)nc(=C\O)/c3=C\C(C=C)=C(/CC)c3cc(N)ccc3C)CC2)C1. The van der Waals surface area contributed by atoms with Crippen LogP contribution in [0.25, 0.3) is 17.9 Å². The van der Waals surface area contributed by atoms with Crippen molar-refractivity contribution in [3.05, 3.63) is 76.6 Å². The number of aliphatic hydroxyl groups is 1. The van der Waals surface area contributed by atoms with Crippen LogP contribution in [0.1, 0.15) is 61.9 Å². The second-order valence-electron chi connectivity index (χ2n) is 12.5. The van der Waals surface area contributed by atoms with Crippen LogP contribution >= 0.6 is 0 Å². The van der Waals surface area contributed by atoms with E-state index in [0.29, 0.717) is 5.35 Å². The van der Waals surface area contributed by atoms with E-state index in [1.807, 2.05) is 29.2 Å². The Bertz CT molecular complexity index is 1540. The molecule has 0 atom stereocenters. The van der Waals surface area contributed by atoms with Crippen LogP contribution in [0.15, 0.2) is 49.1 Å². The number of allylic oxidation sites excluding steroid dienone is 3. The van der Waals surface area contributed by atoms with E-state index in [2.05, 4.69) is 49.9 Å². The topological polar surface area (TPSA) is 98.8 Å². The molecule has 3 aliphatic heterocycles. The summed E-state index contributed by atoms with van der Waals surface area (Å²) in [6.45, 7) is 17.3. The molecule has 5 rings (SSSR count). The van der Waals surface area contributed by atoms with Crippen molar-refractivity contribution in [3.8, 4) is 0 Å². The highest BCUT2D eigenvalue weighted by Gasteiger charge is 2.46. The molecule has 3 fully saturated rings. The largest absolute Gasteiger partial charge is 0.513 e. The maximum absolute atomic E-state index is 12.1. The monoisotopic (exact) mass is 582 g/mol. The van der Waals surface area contributed by atoms with Crippen LogP contribution in [0.3, 0.4) is 0 Å². The van der Waals surface area contributed by atoms with Crippen LogP contribution in [0.2, 0.25) is 0 Å². The van der Waals surface area contributed by atoms with Gasteiger partial charge in [-0.1, -0.05) is 32.2 Å². The van der Waals surface area contributed by atoms with E-state index in [1.54, 1.807) is 0 Å². The maximum Gasteiger partial charge on any atom is 0.245 e. The number of aromatic nitrogens is 2. The van der Waals surface area contributed by atoms with E-state index in [9.17, 15) is 9.90 Å². The lowest BCUT2D eigenvalue weighted by atomic mass is 9.72. The number of carbonyl (C=O) groups excluding carboxylic acids is 1.